The molecule has 0 fully saturated rings. The Kier molecular flexibility index (Phi) is 1.29. The first-order chi connectivity index (χ1) is 2.89. The van der Waals surface area contributed by atoms with Crippen molar-refractivity contribution in [2.24, 2.45) is 0 Å². The average Bonchev–Trinajstić information content (AvgIpc) is 1.86. The van der Waals surface area contributed by atoms with Gasteiger partial charge in [-0.2, -0.15) is 0 Å². The molecule has 0 N–H and O–H groups in total. The van der Waals surface area contributed by atoms with Gasteiger partial charge in [-0.05, 0) is 0 Å². The Bertz CT molecular complexity index is 111. The predicted molar refractivity (Wildman–Crippen MR) is 23.3 cm³/mol. The molecule has 1 aromatic rings. The van der Waals surface area contributed by atoms with Crippen LogP contribution in [0.5, 0.6) is 0 Å². The third-order valence-electron chi connectivity index (χ3n) is 0.486. The minimum atomic E-state index is -0.453. The molecule has 1 heterocycles. The van der Waals surface area contributed by atoms with Gasteiger partial charge in [0.2, 0.25) is 0 Å². The summed E-state index contributed by atoms with van der Waals surface area (Å²) in [7, 11) is 0. The zero-order valence-corrected chi connectivity index (χ0v) is 5.35. The third-order valence-corrected chi connectivity index (χ3v) is 2.35. The predicted octanol–water partition coefficient (Wildman–Crippen LogP) is 0.883. The van der Waals surface area contributed by atoms with Crippen molar-refractivity contribution in [2.75, 3.05) is 0 Å². The number of hydrogen-bond donors (Lipinski definition) is 0. The number of halogens is 1. The number of rotatable bonds is 0. The molecule has 0 radical (unpaired) electrons. The molecule has 0 unspecified atom stereocenters. The number of hydrogen-bond acceptors (Lipinski definition) is 0. The van der Waals surface area contributed by atoms with Gasteiger partial charge in [-0.15, -0.1) is 0 Å². The Labute approximate surface area is 45.2 Å². The standard InChI is InChI=1S/C4H3FTe/c5-4-2-1-3-6-4/h1-3H. The van der Waals surface area contributed by atoms with E-state index in [0.29, 0.717) is 0 Å². The van der Waals surface area contributed by atoms with Gasteiger partial charge in [-0.25, -0.2) is 0 Å². The van der Waals surface area contributed by atoms with E-state index in [-0.39, 0.29) is 3.83 Å². The summed E-state index contributed by atoms with van der Waals surface area (Å²) in [6.45, 7) is 0. The molecule has 0 aromatic carbocycles. The molecule has 0 nitrogen and oxygen atoms in total. The molecule has 0 saturated heterocycles. The van der Waals surface area contributed by atoms with Crippen molar-refractivity contribution >= 4 is 20.4 Å². The van der Waals surface area contributed by atoms with Gasteiger partial charge in [0.1, 0.15) is 0 Å². The van der Waals surface area contributed by atoms with E-state index in [1.54, 1.807) is 6.07 Å². The van der Waals surface area contributed by atoms with Crippen molar-refractivity contribution in [1.29, 1.82) is 0 Å². The van der Waals surface area contributed by atoms with Crippen LogP contribution in [0.3, 0.4) is 0 Å². The van der Waals surface area contributed by atoms with Crippen LogP contribution in [-0.4, -0.2) is 20.4 Å². The van der Waals surface area contributed by atoms with Crippen LogP contribution in [-0.2, 0) is 0 Å². The molecule has 1 rings (SSSR count). The first-order valence-corrected chi connectivity index (χ1v) is 4.09. The van der Waals surface area contributed by atoms with Gasteiger partial charge < -0.3 is 0 Å². The molecule has 1 aromatic heterocycles. The van der Waals surface area contributed by atoms with Gasteiger partial charge in [-0.1, -0.05) is 0 Å². The fourth-order valence-electron chi connectivity index (χ4n) is 0.259. The minimum absolute atomic E-state index is 0.0976. The van der Waals surface area contributed by atoms with Crippen molar-refractivity contribution in [2.45, 2.75) is 0 Å². The molecule has 0 aliphatic rings. The first kappa shape index (κ1) is 4.36. The summed E-state index contributed by atoms with van der Waals surface area (Å²) < 4.78 is 13.8. The van der Waals surface area contributed by atoms with Crippen molar-refractivity contribution in [1.82, 2.24) is 0 Å². The molecule has 0 aliphatic carbocycles. The Morgan fingerprint density at radius 3 is 2.67 bits per heavy atom. The topological polar surface area (TPSA) is 0 Å². The van der Waals surface area contributed by atoms with Crippen LogP contribution in [0.2, 0.25) is 0 Å². The summed E-state index contributed by atoms with van der Waals surface area (Å²) >= 11 is -0.453. The van der Waals surface area contributed by atoms with Crippen LogP contribution in [0.15, 0.2) is 16.2 Å². The normalized spacial score (nSPS) is 8.83. The maximum absolute atomic E-state index is 11.8. The van der Waals surface area contributed by atoms with Crippen LogP contribution in [0, 0.1) is 3.83 Å². The quantitative estimate of drug-likeness (QED) is 0.542. The summed E-state index contributed by atoms with van der Waals surface area (Å²) in [5.41, 5.74) is 0. The second-order valence-corrected chi connectivity index (χ2v) is 3.48. The van der Waals surface area contributed by atoms with Gasteiger partial charge in [0, 0.05) is 0 Å². The van der Waals surface area contributed by atoms with E-state index in [1.807, 2.05) is 4.08 Å². The van der Waals surface area contributed by atoms with Crippen molar-refractivity contribution in [3.05, 3.63) is 20.0 Å². The molecular weight excluding hydrogens is 195 g/mol. The van der Waals surface area contributed by atoms with Crippen molar-refractivity contribution in [3.63, 3.8) is 0 Å². The van der Waals surface area contributed by atoms with E-state index in [9.17, 15) is 4.39 Å². The Hall–Kier alpha value is 0.200. The molecule has 0 spiro atoms. The van der Waals surface area contributed by atoms with E-state index < -0.39 is 20.4 Å². The van der Waals surface area contributed by atoms with Gasteiger partial charge in [0.15, 0.2) is 0 Å². The summed E-state index contributed by atoms with van der Waals surface area (Å²) in [4.78, 5) is 0. The summed E-state index contributed by atoms with van der Waals surface area (Å²) in [5, 5.41) is 0. The van der Waals surface area contributed by atoms with Crippen LogP contribution in [0.4, 0.5) is 4.39 Å². The van der Waals surface area contributed by atoms with Crippen LogP contribution >= 0.6 is 0 Å². The van der Waals surface area contributed by atoms with Crippen LogP contribution < -0.4 is 0 Å². The fourth-order valence-corrected chi connectivity index (χ4v) is 1.53. The maximum atomic E-state index is 11.8. The molecule has 0 amide bonds. The molecule has 0 bridgehead atoms. The van der Waals surface area contributed by atoms with E-state index >= 15 is 0 Å². The third kappa shape index (κ3) is 0.829. The van der Waals surface area contributed by atoms with Gasteiger partial charge in [0.05, 0.1) is 0 Å². The molecule has 6 heavy (non-hydrogen) atoms. The van der Waals surface area contributed by atoms with Crippen molar-refractivity contribution < 1.29 is 4.39 Å². The summed E-state index contributed by atoms with van der Waals surface area (Å²) in [6, 6.07) is 3.31. The molecular formula is C4H3FTe. The van der Waals surface area contributed by atoms with Gasteiger partial charge in [-0.3, -0.25) is 0 Å². The molecule has 0 atom stereocenters. The van der Waals surface area contributed by atoms with Crippen molar-refractivity contribution in [3.8, 4) is 0 Å². The monoisotopic (exact) mass is 200 g/mol. The van der Waals surface area contributed by atoms with Crippen LogP contribution in [0.25, 0.3) is 0 Å². The average molecular weight is 198 g/mol. The Balaban J connectivity index is 3.05. The second kappa shape index (κ2) is 1.77. The van der Waals surface area contributed by atoms with E-state index in [4.69, 9.17) is 0 Å². The molecule has 32 valence electrons. The second-order valence-electron chi connectivity index (χ2n) is 0.917. The molecule has 0 aliphatic heterocycles. The van der Waals surface area contributed by atoms with Crippen LogP contribution in [0.1, 0.15) is 0 Å². The first-order valence-electron chi connectivity index (χ1n) is 1.58. The zero-order valence-electron chi connectivity index (χ0n) is 3.02. The van der Waals surface area contributed by atoms with Gasteiger partial charge in [0.25, 0.3) is 0 Å². The zero-order chi connectivity index (χ0) is 4.41. The Morgan fingerprint density at radius 1 is 1.67 bits per heavy atom. The molecule has 2 heteroatoms. The molecule has 0 saturated carbocycles. The SMILES string of the molecule is Fc1ccc[te]1. The Morgan fingerprint density at radius 2 is 2.50 bits per heavy atom. The van der Waals surface area contributed by atoms with Gasteiger partial charge >= 0.3 is 44.9 Å². The fraction of sp³-hybridized carbons (Fsp3) is 0. The summed E-state index contributed by atoms with van der Waals surface area (Å²) in [5.74, 6) is 0. The summed E-state index contributed by atoms with van der Waals surface area (Å²) in [6.07, 6.45) is 0. The van der Waals surface area contributed by atoms with E-state index in [0.717, 1.165) is 0 Å². The van der Waals surface area contributed by atoms with E-state index in [2.05, 4.69) is 0 Å². The van der Waals surface area contributed by atoms with E-state index in [1.165, 1.54) is 6.07 Å².